The lowest BCUT2D eigenvalue weighted by Crippen LogP contribution is -2.61. The van der Waals surface area contributed by atoms with Gasteiger partial charge in [0.25, 0.3) is 0 Å². The highest BCUT2D eigenvalue weighted by Crippen LogP contribution is 2.26. The number of ether oxygens (including phenoxy) is 3. The lowest BCUT2D eigenvalue weighted by atomic mass is 9.99. The second-order valence-corrected chi connectivity index (χ2v) is 21.8. The van der Waals surface area contributed by atoms with Gasteiger partial charge in [-0.1, -0.05) is 253 Å². The number of nitrogens with one attached hydrogen (secondary N) is 1. The maximum atomic E-state index is 13.4. The normalized spacial score (nSPS) is 19.5. The summed E-state index contributed by atoms with van der Waals surface area (Å²) in [5.74, 6) is -1.22. The third-order valence-electron chi connectivity index (χ3n) is 14.5. The van der Waals surface area contributed by atoms with E-state index in [0.29, 0.717) is 12.8 Å². The van der Waals surface area contributed by atoms with Crippen LogP contribution in [0.5, 0.6) is 0 Å². The molecule has 0 radical (unpaired) electrons. The minimum atomic E-state index is -1.62. The first-order chi connectivity index (χ1) is 38.7. The van der Waals surface area contributed by atoms with Crippen molar-refractivity contribution in [1.29, 1.82) is 0 Å². The molecule has 1 saturated heterocycles. The van der Waals surface area contributed by atoms with Crippen LogP contribution in [0.15, 0.2) is 97.2 Å². The molecule has 1 aliphatic heterocycles. The van der Waals surface area contributed by atoms with E-state index in [1.54, 1.807) is 6.08 Å². The minimum Gasteiger partial charge on any atom is -0.454 e. The minimum absolute atomic E-state index is 0.108. The molecule has 0 aromatic heterocycles. The Morgan fingerprint density at radius 3 is 1.42 bits per heavy atom. The van der Waals surface area contributed by atoms with Crippen molar-refractivity contribution in [2.75, 3.05) is 13.2 Å². The van der Waals surface area contributed by atoms with Crippen molar-refractivity contribution in [3.63, 3.8) is 0 Å². The molecule has 454 valence electrons. The number of aliphatic hydroxyl groups is 5. The molecule has 11 nitrogen and oxygen atoms in total. The average molecular weight is 1110 g/mol. The highest BCUT2D eigenvalue weighted by atomic mass is 16.7. The molecule has 79 heavy (non-hydrogen) atoms. The Bertz CT molecular complexity index is 1650. The van der Waals surface area contributed by atoms with Crippen LogP contribution in [0.3, 0.4) is 0 Å². The predicted molar refractivity (Wildman–Crippen MR) is 329 cm³/mol. The molecule has 0 saturated carbocycles. The number of hydrogen-bond acceptors (Lipinski definition) is 10. The van der Waals surface area contributed by atoms with Gasteiger partial charge in [-0.05, 0) is 96.3 Å². The summed E-state index contributed by atoms with van der Waals surface area (Å²) in [6.45, 7) is 5.62. The van der Waals surface area contributed by atoms with Crippen molar-refractivity contribution in [2.24, 2.45) is 0 Å². The van der Waals surface area contributed by atoms with E-state index in [1.165, 1.54) is 77.0 Å². The highest BCUT2D eigenvalue weighted by Gasteiger charge is 2.47. The maximum Gasteiger partial charge on any atom is 0.306 e. The average Bonchev–Trinajstić information content (AvgIpc) is 3.51. The van der Waals surface area contributed by atoms with Crippen LogP contribution < -0.4 is 5.32 Å². The fraction of sp³-hybridized carbons (Fsp3) is 0.735. The number of allylic oxidation sites excluding steroid dienone is 15. The Kier molecular flexibility index (Phi) is 51.4. The zero-order valence-electron chi connectivity index (χ0n) is 50.2. The number of rotatable bonds is 53. The van der Waals surface area contributed by atoms with Crippen LogP contribution >= 0.6 is 0 Å². The Morgan fingerprint density at radius 1 is 0.506 bits per heavy atom. The van der Waals surface area contributed by atoms with Gasteiger partial charge in [0, 0.05) is 6.42 Å². The van der Waals surface area contributed by atoms with E-state index in [-0.39, 0.29) is 19.4 Å². The van der Waals surface area contributed by atoms with E-state index in [1.807, 2.05) is 6.08 Å². The van der Waals surface area contributed by atoms with Gasteiger partial charge in [0.1, 0.15) is 24.4 Å². The number of hydrogen-bond donors (Lipinski definition) is 6. The van der Waals surface area contributed by atoms with Gasteiger partial charge in [0.05, 0.1) is 25.4 Å². The van der Waals surface area contributed by atoms with Gasteiger partial charge in [-0.15, -0.1) is 0 Å². The van der Waals surface area contributed by atoms with Crippen LogP contribution in [0.25, 0.3) is 0 Å². The highest BCUT2D eigenvalue weighted by molar-refractivity contribution is 5.80. The van der Waals surface area contributed by atoms with Crippen molar-refractivity contribution in [3.8, 4) is 0 Å². The monoisotopic (exact) mass is 1110 g/mol. The summed E-state index contributed by atoms with van der Waals surface area (Å²) < 4.78 is 17.6. The number of aliphatic hydroxyl groups excluding tert-OH is 5. The first-order valence-electron chi connectivity index (χ1n) is 32.0. The molecular formula is C68H117NO10. The van der Waals surface area contributed by atoms with E-state index in [9.17, 15) is 35.1 Å². The standard InChI is InChI=1S/C68H117NO10/c1-4-7-10-13-16-19-22-24-25-26-27-28-29-30-31-32-33-34-35-36-38-41-43-46-49-52-55-61(72)67(76)69-59(60(71)54-51-48-45-42-40-37-23-20-17-14-11-8-5-2)58-77-68-66(65(75)64(74)62(57-70)78-68)79-63(73)56-53-50-47-44-39-21-18-15-12-9-6-3/h7,10,15-16,18-19,24-25,27-28,30-31,33-34,51,54,59-62,64-66,68,70-72,74-75H,4-6,8-9,11-14,17,20-23,26,29,32,35-50,52-53,55-58H2,1-3H3,(H,69,76)/b10-7-,18-15-,19-16-,25-24-,28-27-,31-30-,34-33-,54-51+. The third kappa shape index (κ3) is 43.0. The smallest absolute Gasteiger partial charge is 0.306 e. The quantitative estimate of drug-likeness (QED) is 0.0195. The fourth-order valence-corrected chi connectivity index (χ4v) is 9.40. The molecule has 1 amide bonds. The molecule has 11 heteroatoms. The van der Waals surface area contributed by atoms with Gasteiger partial charge in [-0.25, -0.2) is 0 Å². The largest absolute Gasteiger partial charge is 0.454 e. The van der Waals surface area contributed by atoms with Crippen LogP contribution in [-0.4, -0.2) is 99.6 Å². The lowest BCUT2D eigenvalue weighted by molar-refractivity contribution is -0.305. The summed E-state index contributed by atoms with van der Waals surface area (Å²) in [5, 5.41) is 57.0. The summed E-state index contributed by atoms with van der Waals surface area (Å²) in [6.07, 6.45) is 63.1. The molecule has 1 rings (SSSR count). The third-order valence-corrected chi connectivity index (χ3v) is 14.5. The fourth-order valence-electron chi connectivity index (χ4n) is 9.40. The number of carbonyl (C=O) groups is 2. The van der Waals surface area contributed by atoms with E-state index in [4.69, 9.17) is 14.2 Å². The zero-order chi connectivity index (χ0) is 57.5. The summed E-state index contributed by atoms with van der Waals surface area (Å²) in [5.41, 5.74) is 0. The van der Waals surface area contributed by atoms with Crippen molar-refractivity contribution in [3.05, 3.63) is 97.2 Å². The molecule has 8 unspecified atom stereocenters. The maximum absolute atomic E-state index is 13.4. The second kappa shape index (κ2) is 55.1. The van der Waals surface area contributed by atoms with Crippen molar-refractivity contribution < 1.29 is 49.3 Å². The van der Waals surface area contributed by atoms with Gasteiger partial charge in [-0.2, -0.15) is 0 Å². The molecular weight excluding hydrogens is 991 g/mol. The second-order valence-electron chi connectivity index (χ2n) is 21.8. The molecule has 1 heterocycles. The van der Waals surface area contributed by atoms with Gasteiger partial charge in [0.15, 0.2) is 12.4 Å². The van der Waals surface area contributed by atoms with Crippen LogP contribution in [-0.2, 0) is 23.8 Å². The zero-order valence-corrected chi connectivity index (χ0v) is 50.2. The number of carbonyl (C=O) groups excluding carboxylic acids is 2. The summed E-state index contributed by atoms with van der Waals surface area (Å²) >= 11 is 0. The summed E-state index contributed by atoms with van der Waals surface area (Å²) in [4.78, 5) is 26.5. The van der Waals surface area contributed by atoms with E-state index in [2.05, 4.69) is 111 Å². The molecule has 0 aromatic carbocycles. The predicted octanol–water partition coefficient (Wildman–Crippen LogP) is 15.5. The Hall–Kier alpha value is -3.42. The van der Waals surface area contributed by atoms with Crippen molar-refractivity contribution in [2.45, 2.75) is 307 Å². The summed E-state index contributed by atoms with van der Waals surface area (Å²) in [6, 6.07) is -1.04. The molecule has 0 spiro atoms. The molecule has 0 aromatic rings. The lowest BCUT2D eigenvalue weighted by Gasteiger charge is -2.41. The van der Waals surface area contributed by atoms with Crippen LogP contribution in [0.2, 0.25) is 0 Å². The number of esters is 1. The number of unbranched alkanes of at least 4 members (excludes halogenated alkanes) is 25. The summed E-state index contributed by atoms with van der Waals surface area (Å²) in [7, 11) is 0. The Balaban J connectivity index is 2.63. The SMILES string of the molecule is CC/C=C\C/C=C\C/C=C\C/C=C\C/C=C\C/C=C\CCCCCCCCCC(O)C(=O)NC(COC1OC(CO)C(O)C(O)C1OC(=O)CCCCCCC/C=C\CCCC)C(O)/C=C/CCCCCCCCCCCCC. The first kappa shape index (κ1) is 73.6. The Labute approximate surface area is 482 Å². The van der Waals surface area contributed by atoms with Gasteiger partial charge >= 0.3 is 5.97 Å². The van der Waals surface area contributed by atoms with Gasteiger partial charge < -0.3 is 45.1 Å². The molecule has 1 fully saturated rings. The van der Waals surface area contributed by atoms with E-state index in [0.717, 1.165) is 135 Å². The van der Waals surface area contributed by atoms with E-state index >= 15 is 0 Å². The molecule has 0 bridgehead atoms. The molecule has 6 N–H and O–H groups in total. The topological polar surface area (TPSA) is 175 Å². The van der Waals surface area contributed by atoms with Crippen molar-refractivity contribution in [1.82, 2.24) is 5.32 Å². The molecule has 8 atom stereocenters. The van der Waals surface area contributed by atoms with Crippen LogP contribution in [0.4, 0.5) is 0 Å². The Morgan fingerprint density at radius 2 is 0.924 bits per heavy atom. The van der Waals surface area contributed by atoms with Gasteiger partial charge in [0.2, 0.25) is 5.91 Å². The van der Waals surface area contributed by atoms with E-state index < -0.39 is 67.4 Å². The molecule has 1 aliphatic rings. The number of amides is 1. The van der Waals surface area contributed by atoms with Crippen LogP contribution in [0, 0.1) is 0 Å². The van der Waals surface area contributed by atoms with Crippen LogP contribution in [0.1, 0.15) is 258 Å². The first-order valence-corrected chi connectivity index (χ1v) is 32.0. The van der Waals surface area contributed by atoms with Gasteiger partial charge in [-0.3, -0.25) is 9.59 Å². The van der Waals surface area contributed by atoms with Crippen molar-refractivity contribution >= 4 is 11.9 Å². The molecule has 0 aliphatic carbocycles.